The summed E-state index contributed by atoms with van der Waals surface area (Å²) in [5.41, 5.74) is 1.51. The number of halogens is 2. The van der Waals surface area contributed by atoms with Crippen molar-refractivity contribution in [2.24, 2.45) is 10.9 Å². The maximum absolute atomic E-state index is 13.5. The molecule has 0 bridgehead atoms. The highest BCUT2D eigenvalue weighted by molar-refractivity contribution is 14.1. The zero-order valence-electron chi connectivity index (χ0n) is 16.5. The molecule has 1 N–H and O–H groups in total. The van der Waals surface area contributed by atoms with Crippen LogP contribution >= 0.6 is 56.9 Å². The van der Waals surface area contributed by atoms with Crippen molar-refractivity contribution in [3.8, 4) is 5.75 Å². The summed E-state index contributed by atoms with van der Waals surface area (Å²) in [7, 11) is 0. The molecule has 1 saturated carbocycles. The highest BCUT2D eigenvalue weighted by atomic mass is 127. The normalized spacial score (nSPS) is 24.8. The molecular weight excluding hydrogens is 622 g/mol. The Kier molecular flexibility index (Phi) is 7.08. The molecular formula is C23H22I2N2O2S. The highest BCUT2D eigenvalue weighted by Gasteiger charge is 2.41. The molecule has 0 spiro atoms. The first-order chi connectivity index (χ1) is 14.4. The van der Waals surface area contributed by atoms with Crippen LogP contribution in [0, 0.1) is 13.1 Å². The van der Waals surface area contributed by atoms with Gasteiger partial charge in [-0.3, -0.25) is 9.69 Å². The first kappa shape index (κ1) is 22.1. The number of hydrogen-bond donors (Lipinski definition) is 1. The van der Waals surface area contributed by atoms with Crippen molar-refractivity contribution in [1.82, 2.24) is 4.90 Å². The fourth-order valence-corrected chi connectivity index (χ4v) is 6.91. The summed E-state index contributed by atoms with van der Waals surface area (Å²) in [6.45, 7) is 2.23. The van der Waals surface area contributed by atoms with Crippen LogP contribution in [-0.2, 0) is 4.79 Å². The number of thioether (sulfide) groups is 1. The van der Waals surface area contributed by atoms with Crippen molar-refractivity contribution in [1.29, 1.82) is 0 Å². The Labute approximate surface area is 208 Å². The maximum atomic E-state index is 13.5. The number of para-hydroxylation sites is 1. The Bertz CT molecular complexity index is 1020. The lowest BCUT2D eigenvalue weighted by atomic mass is 9.85. The predicted octanol–water partition coefficient (Wildman–Crippen LogP) is 6.78. The molecule has 4 rings (SSSR count). The molecule has 4 nitrogen and oxygen atoms in total. The fraction of sp³-hybridized carbons (Fsp3) is 0.304. The van der Waals surface area contributed by atoms with Crippen LogP contribution in [0.1, 0.15) is 38.2 Å². The lowest BCUT2D eigenvalue weighted by molar-refractivity contribution is -0.124. The van der Waals surface area contributed by atoms with Gasteiger partial charge in [0.1, 0.15) is 5.75 Å². The minimum absolute atomic E-state index is 0.0123. The van der Waals surface area contributed by atoms with Gasteiger partial charge in [-0.25, -0.2) is 4.99 Å². The van der Waals surface area contributed by atoms with E-state index in [9.17, 15) is 9.90 Å². The van der Waals surface area contributed by atoms with E-state index in [1.807, 2.05) is 47.4 Å². The predicted molar refractivity (Wildman–Crippen MR) is 141 cm³/mol. The molecule has 2 atom stereocenters. The van der Waals surface area contributed by atoms with Crippen LogP contribution in [0.15, 0.2) is 52.4 Å². The van der Waals surface area contributed by atoms with Gasteiger partial charge in [-0.1, -0.05) is 38.0 Å². The third-order valence-corrected chi connectivity index (χ3v) is 7.99. The summed E-state index contributed by atoms with van der Waals surface area (Å²) in [6, 6.07) is 13.8. The minimum Gasteiger partial charge on any atom is -0.506 e. The van der Waals surface area contributed by atoms with Crippen molar-refractivity contribution in [2.75, 3.05) is 0 Å². The molecule has 0 aromatic heterocycles. The summed E-state index contributed by atoms with van der Waals surface area (Å²) in [5.74, 6) is 0.639. The third kappa shape index (κ3) is 4.72. The summed E-state index contributed by atoms with van der Waals surface area (Å²) < 4.78 is 1.80. The molecule has 1 amide bonds. The molecule has 30 heavy (non-hydrogen) atoms. The van der Waals surface area contributed by atoms with Gasteiger partial charge < -0.3 is 5.11 Å². The van der Waals surface area contributed by atoms with E-state index in [-0.39, 0.29) is 17.7 Å². The van der Waals surface area contributed by atoms with E-state index in [0.29, 0.717) is 16.4 Å². The molecule has 1 aliphatic heterocycles. The summed E-state index contributed by atoms with van der Waals surface area (Å²) >= 11 is 5.75. The lowest BCUT2D eigenvalue weighted by Gasteiger charge is -2.35. The third-order valence-electron chi connectivity index (χ3n) is 5.56. The van der Waals surface area contributed by atoms with Crippen LogP contribution in [0.5, 0.6) is 5.75 Å². The largest absolute Gasteiger partial charge is 0.506 e. The van der Waals surface area contributed by atoms with E-state index >= 15 is 0 Å². The molecule has 2 aromatic rings. The number of phenols is 1. The molecule has 2 aliphatic rings. The fourth-order valence-electron chi connectivity index (χ4n) is 3.99. The van der Waals surface area contributed by atoms with Crippen LogP contribution in [-0.4, -0.2) is 27.1 Å². The molecule has 1 heterocycles. The maximum Gasteiger partial charge on any atom is 0.267 e. The molecule has 7 heteroatoms. The van der Waals surface area contributed by atoms with Gasteiger partial charge >= 0.3 is 0 Å². The number of amidine groups is 1. The quantitative estimate of drug-likeness (QED) is 0.296. The topological polar surface area (TPSA) is 52.9 Å². The first-order valence-corrected chi connectivity index (χ1v) is 13.0. The first-order valence-electron chi connectivity index (χ1n) is 9.99. The molecule has 2 fully saturated rings. The Hall–Kier alpha value is -1.07. The van der Waals surface area contributed by atoms with Crippen LogP contribution < -0.4 is 0 Å². The van der Waals surface area contributed by atoms with Gasteiger partial charge in [0.25, 0.3) is 5.91 Å². The number of phenolic OH excluding ortho intramolecular Hbond substituents is 1. The van der Waals surface area contributed by atoms with Crippen molar-refractivity contribution >= 4 is 79.8 Å². The zero-order chi connectivity index (χ0) is 21.3. The number of carbonyl (C=O) groups is 1. The number of amides is 1. The molecule has 0 unspecified atom stereocenters. The number of rotatable bonds is 3. The van der Waals surface area contributed by atoms with Crippen molar-refractivity contribution in [2.45, 2.75) is 38.6 Å². The van der Waals surface area contributed by atoms with Crippen LogP contribution in [0.2, 0.25) is 0 Å². The zero-order valence-corrected chi connectivity index (χ0v) is 21.6. The van der Waals surface area contributed by atoms with E-state index in [1.54, 1.807) is 6.08 Å². The van der Waals surface area contributed by atoms with Crippen molar-refractivity contribution in [3.63, 3.8) is 0 Å². The van der Waals surface area contributed by atoms with E-state index in [4.69, 9.17) is 4.99 Å². The second-order valence-corrected chi connectivity index (χ2v) is 11.1. The van der Waals surface area contributed by atoms with E-state index in [1.165, 1.54) is 18.2 Å². The molecule has 156 valence electrons. The van der Waals surface area contributed by atoms with Gasteiger partial charge in [-0.05, 0) is 106 Å². The second-order valence-electron chi connectivity index (χ2n) is 7.67. The Balaban J connectivity index is 1.76. The molecule has 1 aliphatic carbocycles. The average Bonchev–Trinajstić information content (AvgIpc) is 3.02. The van der Waals surface area contributed by atoms with E-state index in [0.717, 1.165) is 37.3 Å². The number of nitrogens with zero attached hydrogens (tertiary/aromatic N) is 2. The number of aliphatic imine (C=N–C) groups is 1. The van der Waals surface area contributed by atoms with Gasteiger partial charge in [-0.2, -0.15) is 0 Å². The SMILES string of the molecule is C[C@@H]1CCCC[C@@H]1N1C(=O)/C(=C/c2cc(I)cc(I)c2O)SC1=Nc1ccccc1. The molecule has 0 radical (unpaired) electrons. The number of carbonyl (C=O) groups excluding carboxylic acids is 1. The van der Waals surface area contributed by atoms with Crippen LogP contribution in [0.25, 0.3) is 6.08 Å². The minimum atomic E-state index is -0.0123. The summed E-state index contributed by atoms with van der Waals surface area (Å²) in [5, 5.41) is 11.2. The number of aromatic hydroxyl groups is 1. The van der Waals surface area contributed by atoms with Crippen molar-refractivity contribution < 1.29 is 9.90 Å². The average molecular weight is 644 g/mol. The van der Waals surface area contributed by atoms with E-state index in [2.05, 4.69) is 52.1 Å². The van der Waals surface area contributed by atoms with E-state index < -0.39 is 0 Å². The standard InChI is InChI=1S/C23H22I2N2O2S/c1-14-7-5-6-10-19(14)27-22(29)20(12-15-11-16(24)13-18(25)21(15)28)30-23(27)26-17-8-3-2-4-9-17/h2-4,8-9,11-14,19,28H,5-7,10H2,1H3/b20-12-,26-23?/t14-,19+/m1/s1. The Morgan fingerprint density at radius 1 is 1.17 bits per heavy atom. The van der Waals surface area contributed by atoms with Gasteiger partial charge in [0.05, 0.1) is 14.2 Å². The smallest absolute Gasteiger partial charge is 0.267 e. The lowest BCUT2D eigenvalue weighted by Crippen LogP contribution is -2.44. The van der Waals surface area contributed by atoms with Gasteiger partial charge in [0.2, 0.25) is 0 Å². The Morgan fingerprint density at radius 3 is 2.63 bits per heavy atom. The number of hydrogen-bond acceptors (Lipinski definition) is 4. The van der Waals surface area contributed by atoms with Crippen molar-refractivity contribution in [3.05, 3.63) is 60.1 Å². The van der Waals surface area contributed by atoms with Gasteiger partial charge in [-0.15, -0.1) is 0 Å². The van der Waals surface area contributed by atoms with Gasteiger partial charge in [0, 0.05) is 15.2 Å². The second kappa shape index (κ2) is 9.60. The number of benzene rings is 2. The highest BCUT2D eigenvalue weighted by Crippen LogP contribution is 2.41. The summed E-state index contributed by atoms with van der Waals surface area (Å²) in [6.07, 6.45) is 6.29. The molecule has 2 aromatic carbocycles. The van der Waals surface area contributed by atoms with Crippen LogP contribution in [0.4, 0.5) is 5.69 Å². The monoisotopic (exact) mass is 644 g/mol. The van der Waals surface area contributed by atoms with Gasteiger partial charge in [0.15, 0.2) is 5.17 Å². The summed E-state index contributed by atoms with van der Waals surface area (Å²) in [4.78, 5) is 20.8. The van der Waals surface area contributed by atoms with Crippen LogP contribution in [0.3, 0.4) is 0 Å². The molecule has 1 saturated heterocycles. The Morgan fingerprint density at radius 2 is 1.90 bits per heavy atom.